The molecule has 0 aliphatic rings. The second-order valence-electron chi connectivity index (χ2n) is 5.24. The Morgan fingerprint density at radius 1 is 1.30 bits per heavy atom. The van der Waals surface area contributed by atoms with Crippen molar-refractivity contribution in [3.05, 3.63) is 36.5 Å². The summed E-state index contributed by atoms with van der Waals surface area (Å²) in [4.78, 5) is 27.0. The fraction of sp³-hybridized carbons (Fsp3) is 0.312. The van der Waals surface area contributed by atoms with E-state index in [1.807, 2.05) is 24.3 Å². The van der Waals surface area contributed by atoms with Crippen LogP contribution in [0.2, 0.25) is 0 Å². The first-order valence-corrected chi connectivity index (χ1v) is 7.10. The number of carbonyl (C=O) groups is 2. The van der Waals surface area contributed by atoms with E-state index in [0.717, 1.165) is 10.8 Å². The van der Waals surface area contributed by atoms with E-state index in [9.17, 15) is 9.59 Å². The summed E-state index contributed by atoms with van der Waals surface area (Å²) in [6.07, 6.45) is 1.15. The van der Waals surface area contributed by atoms with E-state index in [1.165, 1.54) is 7.11 Å². The second kappa shape index (κ2) is 7.06. The number of fused-ring (bicyclic) bond motifs is 1. The van der Waals surface area contributed by atoms with Crippen LogP contribution in [0.25, 0.3) is 10.8 Å². The molecule has 1 aromatic carbocycles. The minimum absolute atomic E-state index is 0.0475. The molecule has 1 heterocycles. The van der Waals surface area contributed by atoms with E-state index in [2.05, 4.69) is 10.3 Å². The maximum absolute atomic E-state index is 12.0. The number of nitrogens with two attached hydrogens (primary N) is 1. The van der Waals surface area contributed by atoms with Crippen molar-refractivity contribution in [1.29, 1.82) is 0 Å². The third-order valence-electron chi connectivity index (χ3n) is 3.43. The first-order valence-electron chi connectivity index (χ1n) is 7.10. The zero-order chi connectivity index (χ0) is 16.9. The van der Waals surface area contributed by atoms with Crippen molar-refractivity contribution in [2.24, 2.45) is 5.73 Å². The molecule has 0 spiro atoms. The standard InChI is InChI=1S/C16H19N3O4/c1-16(22-2,8-7-13(17)20)23-15(21)19-14-9-11-5-3-4-6-12(11)10-18-14/h3-6,9-10H,7-8H2,1-2H3,(H2,17,20)(H,18,19,21). The Morgan fingerprint density at radius 3 is 2.65 bits per heavy atom. The van der Waals surface area contributed by atoms with Gasteiger partial charge in [0.15, 0.2) is 0 Å². The van der Waals surface area contributed by atoms with Gasteiger partial charge in [-0.15, -0.1) is 0 Å². The minimum atomic E-state index is -1.24. The van der Waals surface area contributed by atoms with Crippen LogP contribution in [0.1, 0.15) is 19.8 Å². The highest BCUT2D eigenvalue weighted by atomic mass is 16.7. The van der Waals surface area contributed by atoms with Gasteiger partial charge in [0.2, 0.25) is 11.7 Å². The molecule has 1 unspecified atom stereocenters. The van der Waals surface area contributed by atoms with Gasteiger partial charge in [0.1, 0.15) is 5.82 Å². The van der Waals surface area contributed by atoms with Crippen LogP contribution in [0, 0.1) is 0 Å². The summed E-state index contributed by atoms with van der Waals surface area (Å²) in [7, 11) is 1.39. The number of carbonyl (C=O) groups excluding carboxylic acids is 2. The number of primary amides is 1. The number of nitrogens with zero attached hydrogens (tertiary/aromatic N) is 1. The lowest BCUT2D eigenvalue weighted by Crippen LogP contribution is -2.36. The number of aromatic nitrogens is 1. The van der Waals surface area contributed by atoms with Gasteiger partial charge in [-0.05, 0) is 11.5 Å². The fourth-order valence-corrected chi connectivity index (χ4v) is 2.02. The number of hydrogen-bond donors (Lipinski definition) is 2. The van der Waals surface area contributed by atoms with Crippen LogP contribution in [0.3, 0.4) is 0 Å². The Morgan fingerprint density at radius 2 is 2.00 bits per heavy atom. The molecule has 7 heteroatoms. The van der Waals surface area contributed by atoms with E-state index in [0.29, 0.717) is 5.82 Å². The van der Waals surface area contributed by atoms with Crippen molar-refractivity contribution in [2.75, 3.05) is 12.4 Å². The second-order valence-corrected chi connectivity index (χ2v) is 5.24. The quantitative estimate of drug-likeness (QED) is 0.796. The van der Waals surface area contributed by atoms with Crippen molar-refractivity contribution in [3.8, 4) is 0 Å². The Kier molecular flexibility index (Phi) is 5.13. The molecule has 0 aliphatic carbocycles. The number of rotatable bonds is 6. The monoisotopic (exact) mass is 317 g/mol. The third kappa shape index (κ3) is 4.65. The molecule has 122 valence electrons. The molecule has 0 bridgehead atoms. The summed E-state index contributed by atoms with van der Waals surface area (Å²) < 4.78 is 10.4. The van der Waals surface area contributed by atoms with Gasteiger partial charge >= 0.3 is 6.09 Å². The maximum Gasteiger partial charge on any atom is 0.415 e. The van der Waals surface area contributed by atoms with Gasteiger partial charge in [-0.25, -0.2) is 9.78 Å². The first-order chi connectivity index (χ1) is 10.9. The molecular weight excluding hydrogens is 298 g/mol. The highest BCUT2D eigenvalue weighted by molar-refractivity contribution is 5.89. The highest BCUT2D eigenvalue weighted by Crippen LogP contribution is 2.20. The van der Waals surface area contributed by atoms with E-state index >= 15 is 0 Å². The maximum atomic E-state index is 12.0. The van der Waals surface area contributed by atoms with Crippen LogP contribution in [-0.2, 0) is 14.3 Å². The highest BCUT2D eigenvalue weighted by Gasteiger charge is 2.29. The fourth-order valence-electron chi connectivity index (χ4n) is 2.02. The summed E-state index contributed by atoms with van der Waals surface area (Å²) in [5.41, 5.74) is 5.10. The largest absolute Gasteiger partial charge is 0.417 e. The Bertz CT molecular complexity index is 719. The van der Waals surface area contributed by atoms with Gasteiger partial charge in [0.25, 0.3) is 0 Å². The zero-order valence-corrected chi connectivity index (χ0v) is 13.0. The molecule has 0 radical (unpaired) electrons. The van der Waals surface area contributed by atoms with E-state index in [4.69, 9.17) is 15.2 Å². The molecule has 2 amide bonds. The van der Waals surface area contributed by atoms with Crippen LogP contribution in [0.15, 0.2) is 36.5 Å². The van der Waals surface area contributed by atoms with Crippen molar-refractivity contribution in [2.45, 2.75) is 25.6 Å². The summed E-state index contributed by atoms with van der Waals surface area (Å²) in [5.74, 6) is -1.37. The van der Waals surface area contributed by atoms with Crippen LogP contribution in [0.4, 0.5) is 10.6 Å². The Hall–Kier alpha value is -2.67. The Labute approximate surface area is 133 Å². The van der Waals surface area contributed by atoms with Gasteiger partial charge in [-0.3, -0.25) is 10.1 Å². The Balaban J connectivity index is 2.03. The molecule has 0 saturated carbocycles. The smallest absolute Gasteiger partial charge is 0.415 e. The average Bonchev–Trinajstić information content (AvgIpc) is 2.53. The predicted octanol–water partition coefficient (Wildman–Crippen LogP) is 2.41. The molecule has 0 fully saturated rings. The van der Waals surface area contributed by atoms with E-state index < -0.39 is 17.8 Å². The molecule has 1 aromatic heterocycles. The molecule has 3 N–H and O–H groups in total. The van der Waals surface area contributed by atoms with Crippen molar-refractivity contribution >= 4 is 28.6 Å². The topological polar surface area (TPSA) is 104 Å². The van der Waals surface area contributed by atoms with Crippen LogP contribution < -0.4 is 11.1 Å². The van der Waals surface area contributed by atoms with Gasteiger partial charge in [-0.2, -0.15) is 0 Å². The van der Waals surface area contributed by atoms with Crippen molar-refractivity contribution in [1.82, 2.24) is 4.98 Å². The number of ether oxygens (including phenoxy) is 2. The average molecular weight is 317 g/mol. The number of methoxy groups -OCH3 is 1. The van der Waals surface area contributed by atoms with Crippen LogP contribution >= 0.6 is 0 Å². The van der Waals surface area contributed by atoms with E-state index in [1.54, 1.807) is 19.2 Å². The lowest BCUT2D eigenvalue weighted by atomic mass is 10.1. The summed E-state index contributed by atoms with van der Waals surface area (Å²) in [5, 5.41) is 4.46. The molecule has 23 heavy (non-hydrogen) atoms. The number of hydrogen-bond acceptors (Lipinski definition) is 5. The normalized spacial score (nSPS) is 13.3. The number of pyridine rings is 1. The van der Waals surface area contributed by atoms with E-state index in [-0.39, 0.29) is 12.8 Å². The summed E-state index contributed by atoms with van der Waals surface area (Å²) >= 11 is 0. The lowest BCUT2D eigenvalue weighted by Gasteiger charge is -2.27. The van der Waals surface area contributed by atoms with Crippen LogP contribution in [-0.4, -0.2) is 29.9 Å². The summed E-state index contributed by atoms with van der Waals surface area (Å²) in [6.45, 7) is 1.56. The predicted molar refractivity (Wildman–Crippen MR) is 85.7 cm³/mol. The first kappa shape index (κ1) is 16.7. The molecule has 0 saturated heterocycles. The molecule has 0 aliphatic heterocycles. The number of amides is 2. The molecule has 1 atom stereocenters. The van der Waals surface area contributed by atoms with Gasteiger partial charge in [0.05, 0.1) is 0 Å². The number of anilines is 1. The van der Waals surface area contributed by atoms with Gasteiger partial charge in [-0.1, -0.05) is 24.3 Å². The SMILES string of the molecule is COC(C)(CCC(N)=O)OC(=O)Nc1cc2ccccc2cn1. The minimum Gasteiger partial charge on any atom is -0.417 e. The van der Waals surface area contributed by atoms with Gasteiger partial charge < -0.3 is 15.2 Å². The lowest BCUT2D eigenvalue weighted by molar-refractivity contribution is -0.174. The number of benzene rings is 1. The molecular formula is C16H19N3O4. The molecule has 2 rings (SSSR count). The van der Waals surface area contributed by atoms with Crippen molar-refractivity contribution < 1.29 is 19.1 Å². The number of nitrogens with one attached hydrogen (secondary N) is 1. The van der Waals surface area contributed by atoms with Crippen molar-refractivity contribution in [3.63, 3.8) is 0 Å². The third-order valence-corrected chi connectivity index (χ3v) is 3.43. The zero-order valence-electron chi connectivity index (χ0n) is 13.0. The molecule has 7 nitrogen and oxygen atoms in total. The van der Waals surface area contributed by atoms with Gasteiger partial charge in [0, 0.05) is 38.5 Å². The molecule has 2 aromatic rings. The summed E-state index contributed by atoms with van der Waals surface area (Å²) in [6, 6.07) is 9.39. The van der Waals surface area contributed by atoms with Crippen LogP contribution in [0.5, 0.6) is 0 Å².